The van der Waals surface area contributed by atoms with Gasteiger partial charge in [0.25, 0.3) is 0 Å². The Morgan fingerprint density at radius 2 is 2.25 bits per heavy atom. The maximum absolute atomic E-state index is 12.5. The van der Waals surface area contributed by atoms with E-state index >= 15 is 0 Å². The van der Waals surface area contributed by atoms with Gasteiger partial charge in [0.2, 0.25) is 5.91 Å². The normalized spacial score (nSPS) is 22.4. The van der Waals surface area contributed by atoms with Gasteiger partial charge in [-0.15, -0.1) is 0 Å². The summed E-state index contributed by atoms with van der Waals surface area (Å²) in [6.07, 6.45) is 5.15. The summed E-state index contributed by atoms with van der Waals surface area (Å²) in [5, 5.41) is 0. The lowest BCUT2D eigenvalue weighted by Crippen LogP contribution is -2.38. The smallest absolute Gasteiger partial charge is 0.228 e. The third-order valence-electron chi connectivity index (χ3n) is 4.30. The highest BCUT2D eigenvalue weighted by atomic mass is 16.5. The summed E-state index contributed by atoms with van der Waals surface area (Å²) in [4.78, 5) is 23.2. The molecule has 1 unspecified atom stereocenters. The number of amides is 1. The lowest BCUT2D eigenvalue weighted by molar-refractivity contribution is -0.135. The zero-order valence-corrected chi connectivity index (χ0v) is 12.0. The van der Waals surface area contributed by atoms with Crippen LogP contribution >= 0.6 is 0 Å². The number of ether oxygens (including phenoxy) is 1. The second-order valence-corrected chi connectivity index (χ2v) is 5.48. The second kappa shape index (κ2) is 5.87. The first kappa shape index (κ1) is 13.5. The van der Waals surface area contributed by atoms with E-state index in [1.807, 2.05) is 4.90 Å². The summed E-state index contributed by atoms with van der Waals surface area (Å²) >= 11 is 0. The van der Waals surface area contributed by atoms with Crippen LogP contribution in [0.15, 0.2) is 6.33 Å². The van der Waals surface area contributed by atoms with Gasteiger partial charge in [-0.25, -0.2) is 9.97 Å². The minimum absolute atomic E-state index is 0.0629. The van der Waals surface area contributed by atoms with Gasteiger partial charge in [0.1, 0.15) is 6.33 Å². The lowest BCUT2D eigenvalue weighted by atomic mass is 10.1. The van der Waals surface area contributed by atoms with Crippen molar-refractivity contribution in [2.45, 2.75) is 32.6 Å². The third kappa shape index (κ3) is 2.54. The third-order valence-corrected chi connectivity index (χ3v) is 4.30. The minimum atomic E-state index is 0.0629. The maximum Gasteiger partial charge on any atom is 0.228 e. The van der Waals surface area contributed by atoms with Gasteiger partial charge < -0.3 is 9.64 Å². The number of hydrogen-bond acceptors (Lipinski definition) is 4. The van der Waals surface area contributed by atoms with Crippen molar-refractivity contribution >= 4 is 5.91 Å². The summed E-state index contributed by atoms with van der Waals surface area (Å²) in [5.41, 5.74) is 3.51. The fourth-order valence-electron chi connectivity index (χ4n) is 3.11. The number of carbonyl (C=O) groups is 1. The highest BCUT2D eigenvalue weighted by molar-refractivity contribution is 5.79. The molecule has 0 aromatic carbocycles. The first-order chi connectivity index (χ1) is 9.79. The quantitative estimate of drug-likeness (QED) is 0.808. The number of hydrogen-bond donors (Lipinski definition) is 0. The number of aryl methyl sites for hydroxylation is 1. The molecule has 2 aliphatic rings. The van der Waals surface area contributed by atoms with Crippen LogP contribution in [0.4, 0.5) is 0 Å². The topological polar surface area (TPSA) is 55.3 Å². The van der Waals surface area contributed by atoms with E-state index in [0.717, 1.165) is 56.8 Å². The Morgan fingerprint density at radius 1 is 1.40 bits per heavy atom. The van der Waals surface area contributed by atoms with Crippen molar-refractivity contribution in [2.75, 3.05) is 26.3 Å². The highest BCUT2D eigenvalue weighted by Crippen LogP contribution is 2.20. The molecule has 5 heteroatoms. The van der Waals surface area contributed by atoms with Crippen LogP contribution in [0.1, 0.15) is 30.3 Å². The molecule has 1 saturated heterocycles. The molecule has 3 rings (SSSR count). The Bertz CT molecular complexity index is 498. The Kier molecular flexibility index (Phi) is 3.96. The summed E-state index contributed by atoms with van der Waals surface area (Å²) < 4.78 is 5.33. The fraction of sp³-hybridized carbons (Fsp3) is 0.667. The van der Waals surface area contributed by atoms with Crippen molar-refractivity contribution in [3.05, 3.63) is 23.3 Å². The largest absolute Gasteiger partial charge is 0.381 e. The van der Waals surface area contributed by atoms with Gasteiger partial charge in [-0.05, 0) is 24.8 Å². The van der Waals surface area contributed by atoms with Gasteiger partial charge >= 0.3 is 0 Å². The average molecular weight is 275 g/mol. The molecule has 1 aromatic rings. The van der Waals surface area contributed by atoms with Crippen molar-refractivity contribution in [2.24, 2.45) is 5.92 Å². The summed E-state index contributed by atoms with van der Waals surface area (Å²) in [7, 11) is 0. The zero-order chi connectivity index (χ0) is 13.9. The van der Waals surface area contributed by atoms with E-state index < -0.39 is 0 Å². The molecule has 0 aliphatic carbocycles. The number of carbonyl (C=O) groups excluding carboxylic acids is 1. The molecular formula is C15H21N3O2. The molecular weight excluding hydrogens is 254 g/mol. The molecule has 0 saturated carbocycles. The van der Waals surface area contributed by atoms with Crippen LogP contribution in [0.3, 0.4) is 0 Å². The molecule has 0 N–H and O–H groups in total. The Hall–Kier alpha value is -1.49. The predicted molar refractivity (Wildman–Crippen MR) is 74.3 cm³/mol. The molecule has 1 amide bonds. The summed E-state index contributed by atoms with van der Waals surface area (Å²) in [5.74, 6) is 0.314. The first-order valence-corrected chi connectivity index (χ1v) is 7.47. The van der Waals surface area contributed by atoms with E-state index in [0.29, 0.717) is 6.61 Å². The summed E-state index contributed by atoms with van der Waals surface area (Å²) in [6.45, 7) is 4.97. The van der Waals surface area contributed by atoms with Crippen LogP contribution in [0, 0.1) is 5.92 Å². The number of nitrogens with zero attached hydrogens (tertiary/aromatic N) is 3. The Morgan fingerprint density at radius 3 is 3.00 bits per heavy atom. The van der Waals surface area contributed by atoms with E-state index in [1.165, 1.54) is 5.56 Å². The minimum Gasteiger partial charge on any atom is -0.381 e. The number of rotatable bonds is 2. The predicted octanol–water partition coefficient (Wildman–Crippen LogP) is 1.00. The average Bonchev–Trinajstić information content (AvgIpc) is 2.92. The van der Waals surface area contributed by atoms with Crippen molar-refractivity contribution < 1.29 is 9.53 Å². The molecule has 108 valence electrons. The highest BCUT2D eigenvalue weighted by Gasteiger charge is 2.29. The SMILES string of the molecule is CCc1ncnc2c1CCN(C(=O)C1CCOC1)CC2. The molecule has 0 bridgehead atoms. The van der Waals surface area contributed by atoms with Crippen LogP contribution in [0.5, 0.6) is 0 Å². The van der Waals surface area contributed by atoms with E-state index in [2.05, 4.69) is 16.9 Å². The van der Waals surface area contributed by atoms with Crippen LogP contribution in [-0.4, -0.2) is 47.1 Å². The van der Waals surface area contributed by atoms with Gasteiger partial charge in [0.15, 0.2) is 0 Å². The van der Waals surface area contributed by atoms with Crippen LogP contribution in [-0.2, 0) is 28.8 Å². The standard InChI is InChI=1S/C15H21N3O2/c1-2-13-12-3-6-18(7-4-14(12)17-10-16-13)15(19)11-5-8-20-9-11/h10-11H,2-9H2,1H3. The summed E-state index contributed by atoms with van der Waals surface area (Å²) in [6, 6.07) is 0. The molecule has 2 aliphatic heterocycles. The molecule has 1 aromatic heterocycles. The van der Waals surface area contributed by atoms with Gasteiger partial charge in [-0.3, -0.25) is 4.79 Å². The zero-order valence-electron chi connectivity index (χ0n) is 12.0. The fourth-order valence-corrected chi connectivity index (χ4v) is 3.11. The molecule has 0 radical (unpaired) electrons. The van der Waals surface area contributed by atoms with Gasteiger partial charge in [0.05, 0.1) is 12.5 Å². The van der Waals surface area contributed by atoms with Crippen molar-refractivity contribution in [1.29, 1.82) is 0 Å². The van der Waals surface area contributed by atoms with Gasteiger partial charge in [-0.1, -0.05) is 6.92 Å². The molecule has 1 atom stereocenters. The van der Waals surface area contributed by atoms with Crippen molar-refractivity contribution in [3.63, 3.8) is 0 Å². The monoisotopic (exact) mass is 275 g/mol. The van der Waals surface area contributed by atoms with E-state index in [-0.39, 0.29) is 11.8 Å². The van der Waals surface area contributed by atoms with Crippen LogP contribution < -0.4 is 0 Å². The van der Waals surface area contributed by atoms with Crippen molar-refractivity contribution in [1.82, 2.24) is 14.9 Å². The van der Waals surface area contributed by atoms with Crippen molar-refractivity contribution in [3.8, 4) is 0 Å². The molecule has 1 fully saturated rings. The maximum atomic E-state index is 12.5. The van der Waals surface area contributed by atoms with Gasteiger partial charge in [0, 0.05) is 37.5 Å². The Labute approximate surface area is 119 Å². The second-order valence-electron chi connectivity index (χ2n) is 5.48. The number of aromatic nitrogens is 2. The van der Waals surface area contributed by atoms with E-state index in [9.17, 15) is 4.79 Å². The van der Waals surface area contributed by atoms with Crippen LogP contribution in [0.2, 0.25) is 0 Å². The number of fused-ring (bicyclic) bond motifs is 1. The van der Waals surface area contributed by atoms with Gasteiger partial charge in [-0.2, -0.15) is 0 Å². The molecule has 0 spiro atoms. The molecule has 3 heterocycles. The lowest BCUT2D eigenvalue weighted by Gasteiger charge is -2.23. The van der Waals surface area contributed by atoms with Crippen LogP contribution in [0.25, 0.3) is 0 Å². The van der Waals surface area contributed by atoms with E-state index in [4.69, 9.17) is 4.74 Å². The Balaban J connectivity index is 1.73. The molecule has 5 nitrogen and oxygen atoms in total. The molecule has 20 heavy (non-hydrogen) atoms. The van der Waals surface area contributed by atoms with E-state index in [1.54, 1.807) is 6.33 Å². The first-order valence-electron chi connectivity index (χ1n) is 7.47.